The maximum atomic E-state index is 11.2. The summed E-state index contributed by atoms with van der Waals surface area (Å²) in [4.78, 5) is 11.2. The van der Waals surface area contributed by atoms with E-state index in [1.807, 2.05) is 0 Å². The maximum absolute atomic E-state index is 11.2. The van der Waals surface area contributed by atoms with E-state index >= 15 is 0 Å². The second-order valence-electron chi connectivity index (χ2n) is 4.29. The zero-order chi connectivity index (χ0) is 8.82. The van der Waals surface area contributed by atoms with Gasteiger partial charge in [-0.25, -0.2) is 0 Å². The van der Waals surface area contributed by atoms with Gasteiger partial charge in [-0.1, -0.05) is 0 Å². The van der Waals surface area contributed by atoms with Gasteiger partial charge >= 0.3 is 0 Å². The predicted molar refractivity (Wildman–Crippen MR) is 46.1 cm³/mol. The van der Waals surface area contributed by atoms with E-state index in [1.165, 1.54) is 0 Å². The minimum absolute atomic E-state index is 0.0358. The Bertz CT molecular complexity index is 200. The van der Waals surface area contributed by atoms with E-state index in [-0.39, 0.29) is 16.3 Å². The summed E-state index contributed by atoms with van der Waals surface area (Å²) >= 11 is 5.56. The third-order valence-corrected chi connectivity index (χ3v) is 3.78. The van der Waals surface area contributed by atoms with Gasteiger partial charge in [-0.15, -0.1) is 0 Å². The van der Waals surface area contributed by atoms with Crippen LogP contribution >= 0.6 is 11.6 Å². The molecule has 1 saturated carbocycles. The van der Waals surface area contributed by atoms with E-state index in [4.69, 9.17) is 16.3 Å². The molecular weight excluding hydrogens is 176 g/mol. The molecule has 0 aromatic heterocycles. The Morgan fingerprint density at radius 1 is 1.33 bits per heavy atom. The van der Waals surface area contributed by atoms with Crippen LogP contribution in [0.15, 0.2) is 0 Å². The Morgan fingerprint density at radius 2 is 1.92 bits per heavy atom. The van der Waals surface area contributed by atoms with Crippen LogP contribution in [0.25, 0.3) is 0 Å². The quantitative estimate of drug-likeness (QED) is 0.590. The number of carbonyl (C=O) groups excluding carboxylic acids is 1. The maximum Gasteiger partial charge on any atom is 0.230 e. The first kappa shape index (κ1) is 8.52. The van der Waals surface area contributed by atoms with Crippen molar-refractivity contribution in [1.82, 2.24) is 0 Å². The van der Waals surface area contributed by atoms with Crippen molar-refractivity contribution < 1.29 is 9.53 Å². The van der Waals surface area contributed by atoms with Crippen molar-refractivity contribution in [2.45, 2.75) is 38.2 Å². The minimum atomic E-state index is -0.334. The smallest absolute Gasteiger partial charge is 0.230 e. The van der Waals surface area contributed by atoms with Crippen molar-refractivity contribution in [1.29, 1.82) is 0 Å². The van der Waals surface area contributed by atoms with E-state index in [1.54, 1.807) is 0 Å². The van der Waals surface area contributed by atoms with Crippen LogP contribution in [0.1, 0.15) is 32.6 Å². The van der Waals surface area contributed by atoms with Gasteiger partial charge in [0.1, 0.15) is 0 Å². The zero-order valence-electron chi connectivity index (χ0n) is 7.23. The third-order valence-electron chi connectivity index (χ3n) is 3.38. The van der Waals surface area contributed by atoms with E-state index in [0.717, 1.165) is 25.7 Å². The lowest BCUT2D eigenvalue weighted by Crippen LogP contribution is -2.51. The summed E-state index contributed by atoms with van der Waals surface area (Å²) < 4.78 is 5.62. The SMILES string of the molecule is CC12CCC(C(=O)Cl)(CC1)CO2. The highest BCUT2D eigenvalue weighted by Crippen LogP contribution is 2.49. The molecule has 3 aliphatic rings. The summed E-state index contributed by atoms with van der Waals surface area (Å²) in [5.41, 5.74) is -0.298. The molecule has 2 saturated heterocycles. The number of hydrogen-bond acceptors (Lipinski definition) is 2. The van der Waals surface area contributed by atoms with Crippen molar-refractivity contribution in [2.75, 3.05) is 6.61 Å². The third kappa shape index (κ3) is 1.09. The van der Waals surface area contributed by atoms with Crippen molar-refractivity contribution in [2.24, 2.45) is 5.41 Å². The number of fused-ring (bicyclic) bond motifs is 3. The first-order chi connectivity index (χ1) is 5.56. The number of ether oxygens (including phenoxy) is 1. The van der Waals surface area contributed by atoms with Gasteiger partial charge in [-0.3, -0.25) is 4.79 Å². The molecule has 2 nitrogen and oxygen atoms in total. The van der Waals surface area contributed by atoms with Gasteiger partial charge in [0.15, 0.2) is 0 Å². The first-order valence-corrected chi connectivity index (χ1v) is 4.78. The lowest BCUT2D eigenvalue weighted by atomic mass is 9.67. The molecule has 2 bridgehead atoms. The fraction of sp³-hybridized carbons (Fsp3) is 0.889. The number of carbonyl (C=O) groups is 1. The molecule has 2 heterocycles. The van der Waals surface area contributed by atoms with E-state index < -0.39 is 0 Å². The predicted octanol–water partition coefficient (Wildman–Crippen LogP) is 2.10. The molecule has 3 heteroatoms. The Morgan fingerprint density at radius 3 is 2.25 bits per heavy atom. The largest absolute Gasteiger partial charge is 0.374 e. The second kappa shape index (κ2) is 2.46. The molecule has 0 radical (unpaired) electrons. The molecule has 0 aromatic carbocycles. The Hall–Kier alpha value is -0.0800. The monoisotopic (exact) mass is 188 g/mol. The Kier molecular flexibility index (Phi) is 1.74. The van der Waals surface area contributed by atoms with Gasteiger partial charge in [0.25, 0.3) is 0 Å². The van der Waals surface area contributed by atoms with Gasteiger partial charge < -0.3 is 4.74 Å². The second-order valence-corrected chi connectivity index (χ2v) is 4.64. The molecule has 3 fully saturated rings. The molecule has 0 unspecified atom stereocenters. The van der Waals surface area contributed by atoms with Gasteiger partial charge in [0.05, 0.1) is 17.6 Å². The number of rotatable bonds is 1. The average Bonchev–Trinajstić information content (AvgIpc) is 2.06. The summed E-state index contributed by atoms with van der Waals surface area (Å²) in [6.45, 7) is 2.65. The molecule has 2 aliphatic heterocycles. The van der Waals surface area contributed by atoms with Crippen molar-refractivity contribution in [3.63, 3.8) is 0 Å². The molecular formula is C9H13ClO2. The molecule has 1 aliphatic carbocycles. The topological polar surface area (TPSA) is 26.3 Å². The summed E-state index contributed by atoms with van der Waals surface area (Å²) in [5.74, 6) is 0. The molecule has 0 aromatic rings. The van der Waals surface area contributed by atoms with Gasteiger partial charge in [0, 0.05) is 0 Å². The highest BCUT2D eigenvalue weighted by atomic mass is 35.5. The normalized spacial score (nSPS) is 46.2. The van der Waals surface area contributed by atoms with Crippen LogP contribution < -0.4 is 0 Å². The van der Waals surface area contributed by atoms with Crippen molar-refractivity contribution in [3.8, 4) is 0 Å². The molecule has 0 N–H and O–H groups in total. The fourth-order valence-corrected chi connectivity index (χ4v) is 2.36. The van der Waals surface area contributed by atoms with Gasteiger partial charge in [-0.05, 0) is 44.2 Å². The summed E-state index contributed by atoms with van der Waals surface area (Å²) in [7, 11) is 0. The lowest BCUT2D eigenvalue weighted by Gasteiger charge is -2.49. The average molecular weight is 189 g/mol. The first-order valence-electron chi connectivity index (χ1n) is 4.40. The summed E-state index contributed by atoms with van der Waals surface area (Å²) in [5, 5.41) is -0.204. The fourth-order valence-electron chi connectivity index (χ4n) is 2.11. The van der Waals surface area contributed by atoms with Gasteiger partial charge in [-0.2, -0.15) is 0 Å². The van der Waals surface area contributed by atoms with Crippen LogP contribution in [-0.4, -0.2) is 17.5 Å². The molecule has 68 valence electrons. The summed E-state index contributed by atoms with van der Waals surface area (Å²) in [6.07, 6.45) is 3.77. The van der Waals surface area contributed by atoms with Crippen molar-refractivity contribution in [3.05, 3.63) is 0 Å². The molecule has 0 spiro atoms. The Labute approximate surface area is 77.2 Å². The van der Waals surface area contributed by atoms with Crippen LogP contribution in [0.5, 0.6) is 0 Å². The zero-order valence-corrected chi connectivity index (χ0v) is 7.99. The highest BCUT2D eigenvalue weighted by molar-refractivity contribution is 6.64. The molecule has 0 atom stereocenters. The molecule has 0 amide bonds. The lowest BCUT2D eigenvalue weighted by molar-refractivity contribution is -0.176. The van der Waals surface area contributed by atoms with Crippen LogP contribution in [0.4, 0.5) is 0 Å². The Balaban J connectivity index is 2.20. The van der Waals surface area contributed by atoms with E-state index in [2.05, 4.69) is 6.92 Å². The van der Waals surface area contributed by atoms with Crippen LogP contribution in [0.2, 0.25) is 0 Å². The number of hydrogen-bond donors (Lipinski definition) is 0. The van der Waals surface area contributed by atoms with Crippen LogP contribution in [0, 0.1) is 5.41 Å². The van der Waals surface area contributed by atoms with Crippen LogP contribution in [-0.2, 0) is 9.53 Å². The van der Waals surface area contributed by atoms with E-state index in [0.29, 0.717) is 6.61 Å². The van der Waals surface area contributed by atoms with Crippen LogP contribution in [0.3, 0.4) is 0 Å². The summed E-state index contributed by atoms with van der Waals surface area (Å²) in [6, 6.07) is 0. The van der Waals surface area contributed by atoms with Gasteiger partial charge in [0.2, 0.25) is 5.24 Å². The molecule has 3 rings (SSSR count). The number of halogens is 1. The minimum Gasteiger partial charge on any atom is -0.374 e. The standard InChI is InChI=1S/C9H13ClO2/c1-8-2-4-9(5-3-8,6-12-8)7(10)11/h2-6H2,1H3. The van der Waals surface area contributed by atoms with E-state index in [9.17, 15) is 4.79 Å². The molecule has 12 heavy (non-hydrogen) atoms. The highest BCUT2D eigenvalue weighted by Gasteiger charge is 2.50. The van der Waals surface area contributed by atoms with Crippen molar-refractivity contribution >= 4 is 16.8 Å².